The van der Waals surface area contributed by atoms with Crippen molar-refractivity contribution in [2.75, 3.05) is 6.54 Å². The normalized spacial score (nSPS) is 13.6. The Morgan fingerprint density at radius 2 is 1.54 bits per heavy atom. The van der Waals surface area contributed by atoms with Gasteiger partial charge >= 0.3 is 6.09 Å². The monoisotopic (exact) mass is 517 g/mol. The van der Waals surface area contributed by atoms with Crippen LogP contribution in [0.3, 0.4) is 0 Å². The van der Waals surface area contributed by atoms with Crippen LogP contribution < -0.4 is 10.6 Å². The molecule has 0 aliphatic rings. The van der Waals surface area contributed by atoms with Crippen LogP contribution in [0.5, 0.6) is 0 Å². The topological polar surface area (TPSA) is 87.7 Å². The van der Waals surface area contributed by atoms with Crippen LogP contribution in [-0.2, 0) is 14.3 Å². The summed E-state index contributed by atoms with van der Waals surface area (Å²) in [5, 5.41) is 5.88. The molecular weight excluding hydrogens is 466 g/mol. The van der Waals surface area contributed by atoms with Crippen molar-refractivity contribution in [1.29, 1.82) is 0 Å². The van der Waals surface area contributed by atoms with Gasteiger partial charge in [0.25, 0.3) is 0 Å². The molecule has 2 atom stereocenters. The lowest BCUT2D eigenvalue weighted by atomic mass is 9.97. The summed E-state index contributed by atoms with van der Waals surface area (Å²) in [6, 6.07) is 6.11. The number of alkyl carbamates (subject to hydrolysis) is 1. The van der Waals surface area contributed by atoms with Gasteiger partial charge in [-0.25, -0.2) is 4.79 Å². The Labute approximate surface area is 225 Å². The minimum Gasteiger partial charge on any atom is -0.444 e. The summed E-state index contributed by atoms with van der Waals surface area (Å²) < 4.78 is 5.46. The van der Waals surface area contributed by atoms with Crippen LogP contribution in [0.15, 0.2) is 24.3 Å². The fourth-order valence-corrected chi connectivity index (χ4v) is 4.08. The van der Waals surface area contributed by atoms with Gasteiger partial charge in [-0.15, -0.1) is 0 Å². The molecule has 7 heteroatoms. The fourth-order valence-electron chi connectivity index (χ4n) is 4.08. The minimum atomic E-state index is -0.816. The SMILES string of the molecule is CCCCCCN(C(=O)C(CC(C)C)NC(=O)OC(C)(C)C)C(C(=O)NC(C)(C)C)c1ccc(C)cc1. The van der Waals surface area contributed by atoms with Crippen molar-refractivity contribution in [2.45, 2.75) is 125 Å². The first-order valence-corrected chi connectivity index (χ1v) is 13.7. The summed E-state index contributed by atoms with van der Waals surface area (Å²) in [6.45, 7) is 19.7. The van der Waals surface area contributed by atoms with E-state index in [4.69, 9.17) is 4.74 Å². The van der Waals surface area contributed by atoms with Crippen molar-refractivity contribution in [3.8, 4) is 0 Å². The van der Waals surface area contributed by atoms with Crippen molar-refractivity contribution in [3.63, 3.8) is 0 Å². The lowest BCUT2D eigenvalue weighted by molar-refractivity contribution is -0.143. The van der Waals surface area contributed by atoms with Crippen LogP contribution in [0.25, 0.3) is 0 Å². The zero-order valence-corrected chi connectivity index (χ0v) is 24.9. The van der Waals surface area contributed by atoms with Gasteiger partial charge in [-0.05, 0) is 72.8 Å². The van der Waals surface area contributed by atoms with Crippen molar-refractivity contribution in [1.82, 2.24) is 15.5 Å². The van der Waals surface area contributed by atoms with Gasteiger partial charge in [-0.3, -0.25) is 9.59 Å². The second-order valence-electron chi connectivity index (χ2n) is 12.5. The molecule has 0 saturated heterocycles. The third kappa shape index (κ3) is 12.5. The summed E-state index contributed by atoms with van der Waals surface area (Å²) in [6.07, 6.45) is 3.64. The standard InChI is InChI=1S/C30H51N3O4/c1-11-12-13-14-19-33(27(35)24(20-21(2)3)31-28(36)37-30(8,9)10)25(26(34)32-29(5,6)7)23-17-15-22(4)16-18-23/h15-18,21,24-25H,11-14,19-20H2,1-10H3,(H,31,36)(H,32,34). The Balaban J connectivity index is 3.49. The van der Waals surface area contributed by atoms with Crippen molar-refractivity contribution in [3.05, 3.63) is 35.4 Å². The van der Waals surface area contributed by atoms with Crippen LogP contribution in [0.1, 0.15) is 112 Å². The first-order valence-electron chi connectivity index (χ1n) is 13.7. The summed E-state index contributed by atoms with van der Waals surface area (Å²) >= 11 is 0. The molecule has 0 bridgehead atoms. The molecule has 0 aromatic heterocycles. The summed E-state index contributed by atoms with van der Waals surface area (Å²) in [4.78, 5) is 42.2. The number of carbonyl (C=O) groups is 3. The Hall–Kier alpha value is -2.57. The predicted molar refractivity (Wildman–Crippen MR) is 150 cm³/mol. The molecule has 2 N–H and O–H groups in total. The van der Waals surface area contributed by atoms with Crippen LogP contribution in [0.2, 0.25) is 0 Å². The predicted octanol–water partition coefficient (Wildman–Crippen LogP) is 6.30. The van der Waals surface area contributed by atoms with Gasteiger partial charge < -0.3 is 20.3 Å². The molecule has 0 spiro atoms. The van der Waals surface area contributed by atoms with E-state index in [1.165, 1.54) is 0 Å². The van der Waals surface area contributed by atoms with Gasteiger partial charge in [0.1, 0.15) is 17.7 Å². The maximum absolute atomic E-state index is 14.2. The molecule has 0 heterocycles. The molecule has 0 aliphatic carbocycles. The first kappa shape index (κ1) is 32.5. The Morgan fingerprint density at radius 3 is 2.03 bits per heavy atom. The van der Waals surface area contributed by atoms with E-state index < -0.39 is 29.3 Å². The molecule has 1 aromatic carbocycles. The molecule has 2 unspecified atom stereocenters. The molecule has 1 rings (SSSR count). The number of benzene rings is 1. The number of unbranched alkanes of at least 4 members (excludes halogenated alkanes) is 3. The van der Waals surface area contributed by atoms with E-state index in [1.807, 2.05) is 65.8 Å². The average molecular weight is 518 g/mol. The first-order chi connectivity index (χ1) is 17.0. The second-order valence-corrected chi connectivity index (χ2v) is 12.5. The lowest BCUT2D eigenvalue weighted by Gasteiger charge is -2.36. The summed E-state index contributed by atoms with van der Waals surface area (Å²) in [7, 11) is 0. The highest BCUT2D eigenvalue weighted by Crippen LogP contribution is 2.26. The van der Waals surface area contributed by atoms with Crippen LogP contribution in [0.4, 0.5) is 4.79 Å². The van der Waals surface area contributed by atoms with Crippen molar-refractivity contribution >= 4 is 17.9 Å². The molecule has 0 radical (unpaired) electrons. The van der Waals surface area contributed by atoms with E-state index in [0.29, 0.717) is 13.0 Å². The number of hydrogen-bond donors (Lipinski definition) is 2. The zero-order valence-electron chi connectivity index (χ0n) is 24.9. The number of rotatable bonds is 12. The van der Waals surface area contributed by atoms with E-state index in [-0.39, 0.29) is 17.7 Å². The number of nitrogens with one attached hydrogen (secondary N) is 2. The van der Waals surface area contributed by atoms with Gasteiger partial charge in [0.05, 0.1) is 0 Å². The molecule has 7 nitrogen and oxygen atoms in total. The Kier molecular flexibility index (Phi) is 12.6. The van der Waals surface area contributed by atoms with Gasteiger partial charge in [0.15, 0.2) is 0 Å². The van der Waals surface area contributed by atoms with Gasteiger partial charge in [-0.2, -0.15) is 0 Å². The number of aryl methyl sites for hydroxylation is 1. The van der Waals surface area contributed by atoms with E-state index >= 15 is 0 Å². The highest BCUT2D eigenvalue weighted by atomic mass is 16.6. The lowest BCUT2D eigenvalue weighted by Crippen LogP contribution is -2.55. The average Bonchev–Trinajstić information content (AvgIpc) is 2.73. The fraction of sp³-hybridized carbons (Fsp3) is 0.700. The third-order valence-electron chi connectivity index (χ3n) is 5.68. The van der Waals surface area contributed by atoms with Gasteiger partial charge in [0.2, 0.25) is 11.8 Å². The Bertz CT molecular complexity index is 866. The van der Waals surface area contributed by atoms with Crippen molar-refractivity contribution < 1.29 is 19.1 Å². The summed E-state index contributed by atoms with van der Waals surface area (Å²) in [5.74, 6) is -0.362. The largest absolute Gasteiger partial charge is 0.444 e. The van der Waals surface area contributed by atoms with Crippen molar-refractivity contribution in [2.24, 2.45) is 5.92 Å². The molecule has 210 valence electrons. The maximum atomic E-state index is 14.2. The van der Waals surface area contributed by atoms with Crippen LogP contribution in [-0.4, -0.2) is 46.5 Å². The maximum Gasteiger partial charge on any atom is 0.408 e. The van der Waals surface area contributed by atoms with Gasteiger partial charge in [0, 0.05) is 12.1 Å². The molecular formula is C30H51N3O4. The van der Waals surface area contributed by atoms with Gasteiger partial charge in [-0.1, -0.05) is 69.9 Å². The molecule has 1 aromatic rings. The smallest absolute Gasteiger partial charge is 0.408 e. The highest BCUT2D eigenvalue weighted by Gasteiger charge is 2.37. The minimum absolute atomic E-state index is 0.145. The number of carbonyl (C=O) groups excluding carboxylic acids is 3. The number of hydrogen-bond acceptors (Lipinski definition) is 4. The van der Waals surface area contributed by atoms with E-state index in [2.05, 4.69) is 17.6 Å². The molecule has 0 fully saturated rings. The number of ether oxygens (including phenoxy) is 1. The van der Waals surface area contributed by atoms with Crippen LogP contribution in [0, 0.1) is 12.8 Å². The van der Waals surface area contributed by atoms with E-state index in [1.54, 1.807) is 25.7 Å². The second kappa shape index (κ2) is 14.4. The van der Waals surface area contributed by atoms with Crippen LogP contribution >= 0.6 is 0 Å². The quantitative estimate of drug-likeness (QED) is 0.319. The summed E-state index contributed by atoms with van der Waals surface area (Å²) in [5.41, 5.74) is 0.663. The molecule has 0 aliphatic heterocycles. The van der Waals surface area contributed by atoms with E-state index in [9.17, 15) is 14.4 Å². The van der Waals surface area contributed by atoms with E-state index in [0.717, 1.165) is 36.8 Å². The highest BCUT2D eigenvalue weighted by molar-refractivity contribution is 5.92. The zero-order chi connectivity index (χ0) is 28.4. The Morgan fingerprint density at radius 1 is 0.946 bits per heavy atom. The molecule has 37 heavy (non-hydrogen) atoms. The molecule has 3 amide bonds. The third-order valence-corrected chi connectivity index (χ3v) is 5.68. The number of nitrogens with zero attached hydrogens (tertiary/aromatic N) is 1. The molecule has 0 saturated carbocycles. The number of amides is 3.